The lowest BCUT2D eigenvalue weighted by Crippen LogP contribution is -2.40. The van der Waals surface area contributed by atoms with Crippen LogP contribution in [-0.4, -0.2) is 35.8 Å². The van der Waals surface area contributed by atoms with Crippen molar-refractivity contribution < 1.29 is 28.5 Å². The molecular formula is C36H35BrN2O7S. The van der Waals surface area contributed by atoms with Crippen LogP contribution >= 0.6 is 27.3 Å². The molecule has 47 heavy (non-hydrogen) atoms. The fourth-order valence-electron chi connectivity index (χ4n) is 5.14. The number of fused-ring (bicyclic) bond motifs is 1. The van der Waals surface area contributed by atoms with E-state index in [9.17, 15) is 14.4 Å². The van der Waals surface area contributed by atoms with Crippen molar-refractivity contribution in [3.63, 3.8) is 0 Å². The summed E-state index contributed by atoms with van der Waals surface area (Å²) >= 11 is 4.85. The van der Waals surface area contributed by atoms with Gasteiger partial charge in [0.2, 0.25) is 0 Å². The van der Waals surface area contributed by atoms with E-state index in [0.717, 1.165) is 11.1 Å². The van der Waals surface area contributed by atoms with Gasteiger partial charge in [0.15, 0.2) is 4.80 Å². The van der Waals surface area contributed by atoms with Crippen LogP contribution in [0.25, 0.3) is 6.08 Å². The predicted octanol–water partition coefficient (Wildman–Crippen LogP) is 6.10. The average molecular weight is 720 g/mol. The minimum atomic E-state index is -0.781. The molecule has 2 heterocycles. The third kappa shape index (κ3) is 7.58. The molecule has 0 bridgehead atoms. The molecule has 0 spiro atoms. The van der Waals surface area contributed by atoms with E-state index < -0.39 is 12.0 Å². The Hall–Kier alpha value is -4.48. The molecule has 3 aromatic carbocycles. The molecule has 0 unspecified atom stereocenters. The first-order valence-corrected chi connectivity index (χ1v) is 16.9. The maximum Gasteiger partial charge on any atom is 0.338 e. The van der Waals surface area contributed by atoms with Gasteiger partial charge in [-0.25, -0.2) is 14.6 Å². The fraction of sp³-hybridized carbons (Fsp3) is 0.278. The Morgan fingerprint density at radius 1 is 0.979 bits per heavy atom. The van der Waals surface area contributed by atoms with Gasteiger partial charge < -0.3 is 18.9 Å². The first-order chi connectivity index (χ1) is 22.6. The van der Waals surface area contributed by atoms with Crippen LogP contribution < -0.4 is 24.4 Å². The van der Waals surface area contributed by atoms with Gasteiger partial charge in [-0.05, 0) is 98.1 Å². The maximum atomic E-state index is 14.1. The summed E-state index contributed by atoms with van der Waals surface area (Å²) in [6.07, 6.45) is 1.68. The second kappa shape index (κ2) is 15.0. The summed E-state index contributed by atoms with van der Waals surface area (Å²) in [7, 11) is 0. The Morgan fingerprint density at radius 2 is 1.68 bits per heavy atom. The summed E-state index contributed by atoms with van der Waals surface area (Å²) in [4.78, 5) is 44.4. The number of aromatic nitrogens is 1. The Kier molecular flexibility index (Phi) is 10.8. The molecule has 1 aliphatic rings. The third-order valence-electron chi connectivity index (χ3n) is 7.21. The molecule has 1 atom stereocenters. The summed E-state index contributed by atoms with van der Waals surface area (Å²) < 4.78 is 25.3. The zero-order valence-electron chi connectivity index (χ0n) is 26.7. The van der Waals surface area contributed by atoms with Crippen LogP contribution in [0.15, 0.2) is 92.3 Å². The van der Waals surface area contributed by atoms with Crippen LogP contribution in [0, 0.1) is 0 Å². The Labute approximate surface area is 284 Å². The fourth-order valence-corrected chi connectivity index (χ4v) is 6.70. The van der Waals surface area contributed by atoms with Gasteiger partial charge >= 0.3 is 11.9 Å². The molecule has 4 aromatic rings. The first kappa shape index (κ1) is 33.9. The molecule has 0 saturated heterocycles. The molecule has 0 amide bonds. The van der Waals surface area contributed by atoms with E-state index in [4.69, 9.17) is 18.9 Å². The zero-order chi connectivity index (χ0) is 33.7. The summed E-state index contributed by atoms with van der Waals surface area (Å²) in [5.41, 5.74) is 3.32. The van der Waals surface area contributed by atoms with Crippen molar-refractivity contribution >= 4 is 45.3 Å². The smallest absolute Gasteiger partial charge is 0.338 e. The van der Waals surface area contributed by atoms with E-state index in [-0.39, 0.29) is 24.2 Å². The molecule has 0 radical (unpaired) electrons. The topological polar surface area (TPSA) is 105 Å². The van der Waals surface area contributed by atoms with E-state index in [2.05, 4.69) is 20.9 Å². The number of carbonyl (C=O) groups excluding carboxylic acids is 2. The predicted molar refractivity (Wildman–Crippen MR) is 183 cm³/mol. The van der Waals surface area contributed by atoms with Gasteiger partial charge in [0.1, 0.15) is 24.1 Å². The largest absolute Gasteiger partial charge is 0.491 e. The van der Waals surface area contributed by atoms with Crippen LogP contribution in [0.4, 0.5) is 0 Å². The molecule has 11 heteroatoms. The van der Waals surface area contributed by atoms with Crippen molar-refractivity contribution in [2.75, 3.05) is 13.2 Å². The highest BCUT2D eigenvalue weighted by atomic mass is 79.9. The van der Waals surface area contributed by atoms with Crippen LogP contribution in [0.3, 0.4) is 0 Å². The number of benzene rings is 3. The molecule has 0 N–H and O–H groups in total. The number of hydrogen-bond donors (Lipinski definition) is 0. The van der Waals surface area contributed by atoms with Crippen molar-refractivity contribution in [1.29, 1.82) is 0 Å². The van der Waals surface area contributed by atoms with Crippen LogP contribution in [0.1, 0.15) is 67.7 Å². The molecule has 0 fully saturated rings. The summed E-state index contributed by atoms with van der Waals surface area (Å²) in [6.45, 7) is 9.92. The average Bonchev–Trinajstić information content (AvgIpc) is 3.34. The van der Waals surface area contributed by atoms with Crippen LogP contribution in [0.2, 0.25) is 0 Å². The molecular weight excluding hydrogens is 684 g/mol. The minimum absolute atomic E-state index is 0.120. The molecule has 1 aliphatic heterocycles. The third-order valence-corrected chi connectivity index (χ3v) is 8.81. The van der Waals surface area contributed by atoms with Crippen molar-refractivity contribution in [2.45, 2.75) is 53.4 Å². The van der Waals surface area contributed by atoms with Gasteiger partial charge in [0.05, 0.1) is 45.2 Å². The molecule has 0 aliphatic carbocycles. The van der Waals surface area contributed by atoms with Crippen LogP contribution in [0.5, 0.6) is 11.5 Å². The summed E-state index contributed by atoms with van der Waals surface area (Å²) in [5, 5.41) is 0. The highest BCUT2D eigenvalue weighted by molar-refractivity contribution is 9.10. The lowest BCUT2D eigenvalue weighted by molar-refractivity contribution is -0.139. The number of para-hydroxylation sites is 1. The van der Waals surface area contributed by atoms with Gasteiger partial charge in [-0.1, -0.05) is 47.7 Å². The van der Waals surface area contributed by atoms with Gasteiger partial charge in [-0.15, -0.1) is 0 Å². The van der Waals surface area contributed by atoms with Crippen molar-refractivity contribution in [3.05, 3.63) is 124 Å². The lowest BCUT2D eigenvalue weighted by atomic mass is 9.95. The number of hydrogen-bond acceptors (Lipinski definition) is 9. The van der Waals surface area contributed by atoms with E-state index in [0.29, 0.717) is 60.9 Å². The molecule has 9 nitrogen and oxygen atoms in total. The number of thiazole rings is 1. The van der Waals surface area contributed by atoms with Gasteiger partial charge in [-0.3, -0.25) is 9.36 Å². The number of carbonyl (C=O) groups is 2. The number of rotatable bonds is 11. The second-order valence-electron chi connectivity index (χ2n) is 10.9. The number of halogens is 1. The highest BCUT2D eigenvalue weighted by Gasteiger charge is 2.35. The zero-order valence-corrected chi connectivity index (χ0v) is 29.1. The molecule has 5 rings (SSSR count). The molecule has 244 valence electrons. The van der Waals surface area contributed by atoms with E-state index in [1.807, 2.05) is 68.4 Å². The lowest BCUT2D eigenvalue weighted by Gasteiger charge is -2.26. The van der Waals surface area contributed by atoms with Crippen molar-refractivity contribution in [3.8, 4) is 11.5 Å². The van der Waals surface area contributed by atoms with Gasteiger partial charge in [-0.2, -0.15) is 0 Å². The summed E-state index contributed by atoms with van der Waals surface area (Å²) in [6, 6.07) is 19.3. The van der Waals surface area contributed by atoms with E-state index >= 15 is 0 Å². The van der Waals surface area contributed by atoms with Crippen LogP contribution in [-0.2, 0) is 20.9 Å². The Balaban J connectivity index is 1.47. The maximum absolute atomic E-state index is 14.1. The number of esters is 2. The number of ether oxygens (including phenoxy) is 4. The van der Waals surface area contributed by atoms with Crippen molar-refractivity contribution in [2.24, 2.45) is 4.99 Å². The normalized spacial score (nSPS) is 14.4. The quantitative estimate of drug-likeness (QED) is 0.173. The SMILES string of the molecule is CCOC(=O)C1=C(C)N=c2s/c(=C\c3ccc(OCc4ccc(C(=O)OCC)cc4)c(Br)c3)c(=O)n2[C@@H]1c1ccccc1OC(C)C. The second-order valence-corrected chi connectivity index (χ2v) is 12.8. The Bertz CT molecular complexity index is 2010. The van der Waals surface area contributed by atoms with E-state index in [1.54, 1.807) is 43.5 Å². The monoisotopic (exact) mass is 718 g/mol. The van der Waals surface area contributed by atoms with Gasteiger partial charge in [0, 0.05) is 5.56 Å². The summed E-state index contributed by atoms with van der Waals surface area (Å²) in [5.74, 6) is 0.310. The molecule has 1 aromatic heterocycles. The van der Waals surface area contributed by atoms with Gasteiger partial charge in [0.25, 0.3) is 5.56 Å². The Morgan fingerprint density at radius 3 is 2.36 bits per heavy atom. The standard InChI is InChI=1S/C36H35BrN2O7S/c1-6-43-34(41)25-15-12-23(13-16-25)20-45-29-17-14-24(18-27(29)37)19-30-33(40)39-32(26-10-8-9-11-28(26)46-21(3)4)31(35(42)44-7-2)22(5)38-36(39)47-30/h8-19,21,32H,6-7,20H2,1-5H3/b30-19-/t32-/m1/s1. The van der Waals surface area contributed by atoms with Crippen molar-refractivity contribution in [1.82, 2.24) is 4.57 Å². The van der Waals surface area contributed by atoms with E-state index in [1.165, 1.54) is 11.3 Å². The number of nitrogens with zero attached hydrogens (tertiary/aromatic N) is 2. The highest BCUT2D eigenvalue weighted by Crippen LogP contribution is 2.36. The first-order valence-electron chi connectivity index (χ1n) is 15.2. The molecule has 0 saturated carbocycles. The minimum Gasteiger partial charge on any atom is -0.491 e. The number of allylic oxidation sites excluding steroid dienone is 1.